The van der Waals surface area contributed by atoms with Gasteiger partial charge in [0.05, 0.1) is 28.6 Å². The molecule has 7 nitrogen and oxygen atoms in total. The minimum atomic E-state index is -0.784. The summed E-state index contributed by atoms with van der Waals surface area (Å²) in [4.78, 5) is 34.7. The van der Waals surface area contributed by atoms with Crippen LogP contribution in [0.4, 0.5) is 0 Å². The van der Waals surface area contributed by atoms with E-state index in [4.69, 9.17) is 9.97 Å². The van der Waals surface area contributed by atoms with Gasteiger partial charge in [-0.2, -0.15) is 0 Å². The van der Waals surface area contributed by atoms with Gasteiger partial charge in [0.15, 0.2) is 5.82 Å². The summed E-state index contributed by atoms with van der Waals surface area (Å²) in [5.41, 5.74) is 4.15. The van der Waals surface area contributed by atoms with Crippen molar-refractivity contribution < 1.29 is 14.7 Å². The van der Waals surface area contributed by atoms with Crippen molar-refractivity contribution >= 4 is 11.9 Å². The first-order valence-electron chi connectivity index (χ1n) is 13.9. The molecule has 37 heavy (non-hydrogen) atoms. The minimum absolute atomic E-state index is 0.0916. The average molecular weight is 509 g/mol. The summed E-state index contributed by atoms with van der Waals surface area (Å²) in [6.45, 7) is 15.9. The SMILES string of the molecule is Cc1c(C(=O)N[C@H]2C[C@H](C(=O)O)C2)cc(-c2nc(C(C)(C)C)cc(C(C)(C)C)n2)n1CC1CCCCC1. The third-order valence-corrected chi connectivity index (χ3v) is 8.09. The highest BCUT2D eigenvalue weighted by molar-refractivity contribution is 5.97. The van der Waals surface area contributed by atoms with E-state index in [9.17, 15) is 14.7 Å². The second-order valence-electron chi connectivity index (χ2n) is 13.3. The maximum absolute atomic E-state index is 13.4. The van der Waals surface area contributed by atoms with Crippen LogP contribution in [0.1, 0.15) is 114 Å². The van der Waals surface area contributed by atoms with Crippen LogP contribution in [-0.2, 0) is 22.2 Å². The van der Waals surface area contributed by atoms with E-state index in [2.05, 4.69) is 57.5 Å². The van der Waals surface area contributed by atoms with Gasteiger partial charge in [0.1, 0.15) is 0 Å². The zero-order valence-corrected chi connectivity index (χ0v) is 23.6. The van der Waals surface area contributed by atoms with E-state index >= 15 is 0 Å². The van der Waals surface area contributed by atoms with Gasteiger partial charge in [-0.25, -0.2) is 9.97 Å². The number of aliphatic carboxylic acids is 1. The number of nitrogens with one attached hydrogen (secondary N) is 1. The first kappa shape index (κ1) is 27.3. The molecule has 2 aromatic heterocycles. The number of aromatic nitrogens is 3. The number of hydrogen-bond acceptors (Lipinski definition) is 4. The smallest absolute Gasteiger partial charge is 0.306 e. The predicted molar refractivity (Wildman–Crippen MR) is 146 cm³/mol. The van der Waals surface area contributed by atoms with Crippen molar-refractivity contribution in [3.05, 3.63) is 34.8 Å². The highest BCUT2D eigenvalue weighted by Crippen LogP contribution is 2.34. The van der Waals surface area contributed by atoms with Crippen LogP contribution in [0.3, 0.4) is 0 Å². The number of carbonyl (C=O) groups is 2. The summed E-state index contributed by atoms with van der Waals surface area (Å²) < 4.78 is 2.26. The van der Waals surface area contributed by atoms with E-state index in [0.29, 0.717) is 30.1 Å². The lowest BCUT2D eigenvalue weighted by atomic mass is 9.80. The Labute approximate surface area is 221 Å². The Morgan fingerprint density at radius 3 is 2.05 bits per heavy atom. The molecule has 0 unspecified atom stereocenters. The molecular formula is C30H44N4O3. The van der Waals surface area contributed by atoms with Crippen molar-refractivity contribution in [2.45, 2.75) is 117 Å². The van der Waals surface area contributed by atoms with Gasteiger partial charge in [-0.3, -0.25) is 9.59 Å². The molecule has 0 aromatic carbocycles. The van der Waals surface area contributed by atoms with Gasteiger partial charge in [-0.05, 0) is 50.7 Å². The average Bonchev–Trinajstić information content (AvgIpc) is 3.11. The van der Waals surface area contributed by atoms with Crippen molar-refractivity contribution in [2.75, 3.05) is 0 Å². The van der Waals surface area contributed by atoms with Crippen molar-refractivity contribution in [1.82, 2.24) is 19.9 Å². The zero-order valence-electron chi connectivity index (χ0n) is 23.6. The number of nitrogens with zero attached hydrogens (tertiary/aromatic N) is 3. The van der Waals surface area contributed by atoms with Crippen molar-refractivity contribution in [2.24, 2.45) is 11.8 Å². The van der Waals surface area contributed by atoms with Gasteiger partial charge in [0, 0.05) is 29.1 Å². The van der Waals surface area contributed by atoms with Gasteiger partial charge >= 0.3 is 5.97 Å². The molecule has 0 bridgehead atoms. The fourth-order valence-electron chi connectivity index (χ4n) is 5.45. The molecule has 1 amide bonds. The summed E-state index contributed by atoms with van der Waals surface area (Å²) in [5, 5.41) is 12.3. The number of carboxylic acid groups (broad SMARTS) is 1. The molecule has 0 aliphatic heterocycles. The number of hydrogen-bond donors (Lipinski definition) is 2. The Balaban J connectivity index is 1.75. The van der Waals surface area contributed by atoms with Crippen LogP contribution in [0.5, 0.6) is 0 Å². The normalized spacial score (nSPS) is 20.9. The maximum Gasteiger partial charge on any atom is 0.306 e. The molecule has 2 N–H and O–H groups in total. The fourth-order valence-corrected chi connectivity index (χ4v) is 5.45. The van der Waals surface area contributed by atoms with Crippen LogP contribution in [0.15, 0.2) is 12.1 Å². The molecule has 0 spiro atoms. The van der Waals surface area contributed by atoms with Gasteiger partial charge in [-0.15, -0.1) is 0 Å². The first-order chi connectivity index (χ1) is 17.2. The Hall–Kier alpha value is -2.70. The van der Waals surface area contributed by atoms with Gasteiger partial charge in [0.25, 0.3) is 5.91 Å². The molecule has 2 fully saturated rings. The van der Waals surface area contributed by atoms with Crippen molar-refractivity contribution in [3.8, 4) is 11.5 Å². The topological polar surface area (TPSA) is 97.1 Å². The third-order valence-electron chi connectivity index (χ3n) is 8.09. The molecule has 2 heterocycles. The Morgan fingerprint density at radius 1 is 0.973 bits per heavy atom. The molecule has 4 rings (SSSR count). The lowest BCUT2D eigenvalue weighted by Crippen LogP contribution is -2.46. The van der Waals surface area contributed by atoms with Crippen LogP contribution < -0.4 is 5.32 Å². The second kappa shape index (κ2) is 10.2. The summed E-state index contributed by atoms with van der Waals surface area (Å²) in [6.07, 6.45) is 7.18. The Bertz CT molecular complexity index is 1120. The quantitative estimate of drug-likeness (QED) is 0.497. The summed E-state index contributed by atoms with van der Waals surface area (Å²) in [5.74, 6) is -0.0383. The van der Waals surface area contributed by atoms with E-state index in [1.807, 2.05) is 13.0 Å². The highest BCUT2D eigenvalue weighted by Gasteiger charge is 2.36. The molecule has 202 valence electrons. The summed E-state index contributed by atoms with van der Waals surface area (Å²) >= 11 is 0. The molecule has 0 saturated heterocycles. The molecule has 2 aliphatic carbocycles. The Morgan fingerprint density at radius 2 is 1.54 bits per heavy atom. The standard InChI is InChI=1S/C30H44N4O3/c1-18-22(27(35)31-21-13-20(14-21)28(36)37)15-23(34(18)17-19-11-9-8-10-12-19)26-32-24(29(2,3)4)16-25(33-26)30(5,6)7/h15-16,19-21H,8-14,17H2,1-7H3,(H,31,35)(H,36,37)/t20-,21-. The van der Waals surface area contributed by atoms with Gasteiger partial charge in [-0.1, -0.05) is 60.8 Å². The second-order valence-corrected chi connectivity index (χ2v) is 13.3. The zero-order chi connectivity index (χ0) is 27.1. The lowest BCUT2D eigenvalue weighted by Gasteiger charge is -2.32. The minimum Gasteiger partial charge on any atom is -0.481 e. The van der Waals surface area contributed by atoms with Crippen molar-refractivity contribution in [3.63, 3.8) is 0 Å². The fraction of sp³-hybridized carbons (Fsp3) is 0.667. The van der Waals surface area contributed by atoms with Crippen molar-refractivity contribution in [1.29, 1.82) is 0 Å². The monoisotopic (exact) mass is 508 g/mol. The molecule has 2 saturated carbocycles. The maximum atomic E-state index is 13.4. The van der Waals surface area contributed by atoms with Crippen LogP contribution >= 0.6 is 0 Å². The number of carbonyl (C=O) groups excluding carboxylic acids is 1. The van der Waals surface area contributed by atoms with Crippen LogP contribution in [-0.4, -0.2) is 37.6 Å². The Kier molecular flexibility index (Phi) is 7.55. The van der Waals surface area contributed by atoms with E-state index in [1.54, 1.807) is 0 Å². The molecule has 2 aromatic rings. The molecule has 7 heteroatoms. The number of carboxylic acids is 1. The number of rotatable bonds is 6. The number of amides is 1. The van der Waals surface area contributed by atoms with Crippen LogP contribution in [0, 0.1) is 18.8 Å². The van der Waals surface area contributed by atoms with E-state index in [-0.39, 0.29) is 28.7 Å². The van der Waals surface area contributed by atoms with Crippen LogP contribution in [0.25, 0.3) is 11.5 Å². The van der Waals surface area contributed by atoms with E-state index in [0.717, 1.165) is 29.3 Å². The summed E-state index contributed by atoms with van der Waals surface area (Å²) in [7, 11) is 0. The van der Waals surface area contributed by atoms with E-state index < -0.39 is 5.97 Å². The third kappa shape index (κ3) is 6.07. The lowest BCUT2D eigenvalue weighted by molar-refractivity contribution is -0.145. The largest absolute Gasteiger partial charge is 0.481 e. The van der Waals surface area contributed by atoms with Gasteiger partial charge < -0.3 is 15.0 Å². The summed E-state index contributed by atoms with van der Waals surface area (Å²) in [6, 6.07) is 3.98. The van der Waals surface area contributed by atoms with Crippen LogP contribution in [0.2, 0.25) is 0 Å². The molecule has 2 aliphatic rings. The van der Waals surface area contributed by atoms with E-state index in [1.165, 1.54) is 32.1 Å². The molecular weight excluding hydrogens is 464 g/mol. The first-order valence-corrected chi connectivity index (χ1v) is 13.9. The molecule has 0 radical (unpaired) electrons. The molecule has 0 atom stereocenters. The van der Waals surface area contributed by atoms with Gasteiger partial charge in [0.2, 0.25) is 0 Å². The highest BCUT2D eigenvalue weighted by atomic mass is 16.4. The predicted octanol–water partition coefficient (Wildman–Crippen LogP) is 6.02.